The molecule has 2 aromatic rings. The molecule has 0 spiro atoms. The third-order valence-electron chi connectivity index (χ3n) is 3.88. The monoisotopic (exact) mass is 350 g/mol. The summed E-state index contributed by atoms with van der Waals surface area (Å²) in [5, 5.41) is 15.2. The first-order chi connectivity index (χ1) is 10.1. The molecule has 0 aliphatic carbocycles. The summed E-state index contributed by atoms with van der Waals surface area (Å²) in [5.74, 6) is 0. The molecule has 2 rings (SSSR count). The second-order valence-corrected chi connectivity index (χ2v) is 5.94. The van der Waals surface area contributed by atoms with Crippen LogP contribution in [0.25, 0.3) is 0 Å². The zero-order valence-corrected chi connectivity index (χ0v) is 14.5. The van der Waals surface area contributed by atoms with Crippen LogP contribution in [-0.2, 0) is 25.8 Å². The number of aromatic nitrogens is 2. The van der Waals surface area contributed by atoms with Crippen molar-refractivity contribution in [1.82, 2.24) is 9.78 Å². The van der Waals surface area contributed by atoms with Gasteiger partial charge < -0.3 is 5.11 Å². The van der Waals surface area contributed by atoms with E-state index in [0.29, 0.717) is 6.42 Å². The normalized spacial score (nSPS) is 12.6. The number of hydrogen-bond acceptors (Lipinski definition) is 2. The van der Waals surface area contributed by atoms with Gasteiger partial charge in [0.1, 0.15) is 0 Å². The number of nitrogens with zero attached hydrogens (tertiary/aromatic N) is 2. The van der Waals surface area contributed by atoms with Crippen LogP contribution in [0.4, 0.5) is 0 Å². The van der Waals surface area contributed by atoms with E-state index >= 15 is 0 Å². The summed E-state index contributed by atoms with van der Waals surface area (Å²) in [5.41, 5.74) is 4.36. The average Bonchev–Trinajstić information content (AvgIpc) is 2.83. The average molecular weight is 351 g/mol. The Balaban J connectivity index is 2.31. The number of aliphatic hydroxyl groups is 1. The largest absolute Gasteiger partial charge is 0.388 e. The molecule has 114 valence electrons. The Kier molecular flexibility index (Phi) is 5.59. The van der Waals surface area contributed by atoms with Crippen LogP contribution >= 0.6 is 15.9 Å². The van der Waals surface area contributed by atoms with E-state index in [1.165, 1.54) is 5.56 Å². The molecule has 1 heterocycles. The van der Waals surface area contributed by atoms with Crippen molar-refractivity contribution in [2.75, 3.05) is 0 Å². The zero-order chi connectivity index (χ0) is 15.4. The summed E-state index contributed by atoms with van der Waals surface area (Å²) in [6.07, 6.45) is 1.91. The van der Waals surface area contributed by atoms with Gasteiger partial charge in [-0.15, -0.1) is 0 Å². The molecular formula is C17H23BrN2O. The number of hydrogen-bond donors (Lipinski definition) is 1. The van der Waals surface area contributed by atoms with Crippen molar-refractivity contribution in [2.45, 2.75) is 52.7 Å². The maximum Gasteiger partial charge on any atom is 0.0848 e. The first kappa shape index (κ1) is 16.2. The minimum atomic E-state index is -0.496. The molecule has 0 saturated carbocycles. The van der Waals surface area contributed by atoms with Gasteiger partial charge in [-0.25, -0.2) is 0 Å². The van der Waals surface area contributed by atoms with E-state index in [1.54, 1.807) is 0 Å². The SMILES string of the molecule is CCc1ccccc1C(O)Cc1c(Br)c(CC)nn1CC. The van der Waals surface area contributed by atoms with E-state index in [4.69, 9.17) is 0 Å². The highest BCUT2D eigenvalue weighted by molar-refractivity contribution is 9.10. The third kappa shape index (κ3) is 3.38. The van der Waals surface area contributed by atoms with E-state index in [2.05, 4.69) is 47.9 Å². The molecule has 4 heteroatoms. The van der Waals surface area contributed by atoms with Crippen LogP contribution in [0.2, 0.25) is 0 Å². The number of benzene rings is 1. The molecule has 1 atom stereocenters. The summed E-state index contributed by atoms with van der Waals surface area (Å²) >= 11 is 3.65. The number of halogens is 1. The maximum absolute atomic E-state index is 10.7. The van der Waals surface area contributed by atoms with Crippen molar-refractivity contribution in [3.8, 4) is 0 Å². The minimum absolute atomic E-state index is 0.496. The summed E-state index contributed by atoms with van der Waals surface area (Å²) in [7, 11) is 0. The van der Waals surface area contributed by atoms with Gasteiger partial charge in [0.05, 0.1) is 22.0 Å². The summed E-state index contributed by atoms with van der Waals surface area (Å²) < 4.78 is 3.03. The molecule has 1 N–H and O–H groups in total. The van der Waals surface area contributed by atoms with Crippen LogP contribution < -0.4 is 0 Å². The molecule has 0 saturated heterocycles. The molecule has 0 aliphatic heterocycles. The van der Waals surface area contributed by atoms with E-state index in [0.717, 1.165) is 40.8 Å². The van der Waals surface area contributed by atoms with Crippen molar-refractivity contribution in [3.63, 3.8) is 0 Å². The van der Waals surface area contributed by atoms with E-state index in [9.17, 15) is 5.11 Å². The van der Waals surface area contributed by atoms with Gasteiger partial charge in [-0.3, -0.25) is 4.68 Å². The second kappa shape index (κ2) is 7.23. The Morgan fingerprint density at radius 1 is 1.19 bits per heavy atom. The summed E-state index contributed by atoms with van der Waals surface area (Å²) in [4.78, 5) is 0. The number of aliphatic hydroxyl groups excluding tert-OH is 1. The molecule has 1 aromatic heterocycles. The second-order valence-electron chi connectivity index (χ2n) is 5.15. The van der Waals surface area contributed by atoms with E-state index in [1.807, 2.05) is 22.9 Å². The molecule has 1 unspecified atom stereocenters. The summed E-state index contributed by atoms with van der Waals surface area (Å²) in [6.45, 7) is 7.11. The summed E-state index contributed by atoms with van der Waals surface area (Å²) in [6, 6.07) is 8.12. The Morgan fingerprint density at radius 3 is 2.52 bits per heavy atom. The fourth-order valence-corrected chi connectivity index (χ4v) is 3.41. The fraction of sp³-hybridized carbons (Fsp3) is 0.471. The van der Waals surface area contributed by atoms with Crippen molar-refractivity contribution < 1.29 is 5.11 Å². The molecule has 3 nitrogen and oxygen atoms in total. The highest BCUT2D eigenvalue weighted by Crippen LogP contribution is 2.28. The minimum Gasteiger partial charge on any atom is -0.388 e. The van der Waals surface area contributed by atoms with Crippen molar-refractivity contribution in [3.05, 3.63) is 51.3 Å². The van der Waals surface area contributed by atoms with E-state index < -0.39 is 6.10 Å². The molecule has 21 heavy (non-hydrogen) atoms. The molecule has 0 aliphatic rings. The Hall–Kier alpha value is -1.13. The highest BCUT2D eigenvalue weighted by Gasteiger charge is 2.19. The van der Waals surface area contributed by atoms with Crippen LogP contribution in [0, 0.1) is 0 Å². The lowest BCUT2D eigenvalue weighted by molar-refractivity contribution is 0.174. The first-order valence-corrected chi connectivity index (χ1v) is 8.41. The van der Waals surface area contributed by atoms with Gasteiger partial charge in [-0.05, 0) is 46.8 Å². The lowest BCUT2D eigenvalue weighted by atomic mass is 9.97. The van der Waals surface area contributed by atoms with Crippen LogP contribution in [0.5, 0.6) is 0 Å². The number of rotatable bonds is 6. The lowest BCUT2D eigenvalue weighted by Gasteiger charge is -2.16. The number of aryl methyl sites for hydroxylation is 3. The van der Waals surface area contributed by atoms with Gasteiger partial charge in [-0.2, -0.15) is 5.10 Å². The predicted octanol–water partition coefficient (Wildman–Crippen LogP) is 4.07. The molecular weight excluding hydrogens is 328 g/mol. The lowest BCUT2D eigenvalue weighted by Crippen LogP contribution is -2.10. The Labute approximate surface area is 135 Å². The molecule has 0 fully saturated rings. The highest BCUT2D eigenvalue weighted by atomic mass is 79.9. The van der Waals surface area contributed by atoms with Gasteiger partial charge in [0.15, 0.2) is 0 Å². The van der Waals surface area contributed by atoms with Crippen LogP contribution in [0.3, 0.4) is 0 Å². The third-order valence-corrected chi connectivity index (χ3v) is 4.79. The maximum atomic E-state index is 10.7. The van der Waals surface area contributed by atoms with Crippen molar-refractivity contribution in [1.29, 1.82) is 0 Å². The first-order valence-electron chi connectivity index (χ1n) is 7.62. The van der Waals surface area contributed by atoms with Crippen molar-refractivity contribution in [2.24, 2.45) is 0 Å². The van der Waals surface area contributed by atoms with Gasteiger partial charge in [0.25, 0.3) is 0 Å². The zero-order valence-electron chi connectivity index (χ0n) is 12.9. The van der Waals surface area contributed by atoms with Crippen LogP contribution in [-0.4, -0.2) is 14.9 Å². The quantitative estimate of drug-likeness (QED) is 0.852. The van der Waals surface area contributed by atoms with Crippen molar-refractivity contribution >= 4 is 15.9 Å². The topological polar surface area (TPSA) is 38.1 Å². The van der Waals surface area contributed by atoms with Gasteiger partial charge in [-0.1, -0.05) is 38.1 Å². The molecule has 0 radical (unpaired) electrons. The van der Waals surface area contributed by atoms with Gasteiger partial charge in [0, 0.05) is 13.0 Å². The molecule has 0 amide bonds. The van der Waals surface area contributed by atoms with E-state index in [-0.39, 0.29) is 0 Å². The smallest absolute Gasteiger partial charge is 0.0848 e. The standard InChI is InChI=1S/C17H23BrN2O/c1-4-12-9-7-8-10-13(12)16(21)11-15-17(18)14(5-2)19-20(15)6-3/h7-10,16,21H,4-6,11H2,1-3H3. The molecule has 0 bridgehead atoms. The fourth-order valence-electron chi connectivity index (χ4n) is 2.69. The molecule has 1 aromatic carbocycles. The Morgan fingerprint density at radius 2 is 1.90 bits per heavy atom. The van der Waals surface area contributed by atoms with Crippen LogP contribution in [0.1, 0.15) is 49.4 Å². The van der Waals surface area contributed by atoms with Gasteiger partial charge >= 0.3 is 0 Å². The van der Waals surface area contributed by atoms with Crippen LogP contribution in [0.15, 0.2) is 28.7 Å². The predicted molar refractivity (Wildman–Crippen MR) is 89.5 cm³/mol. The van der Waals surface area contributed by atoms with Gasteiger partial charge in [0.2, 0.25) is 0 Å². The Bertz CT molecular complexity index is 607.